The topological polar surface area (TPSA) is 88.6 Å². The largest absolute Gasteiger partial charge is 0.478 e. The Morgan fingerprint density at radius 1 is 1.24 bits per heavy atom. The number of fused-ring (bicyclic) bond motifs is 1. The van der Waals surface area contributed by atoms with Crippen molar-refractivity contribution < 1.29 is 19.1 Å². The molecule has 1 N–H and O–H groups in total. The fraction of sp³-hybridized carbons (Fsp3) is 0.545. The standard InChI is InChI=1S/C22H29N3O4/c1-4-29-20-15(8-7-11-23-20)13-24-19(26)18(12-14(2)3)25-21(27)16-9-5-6-10-17(16)22(25)28/h5-8,11,14,16-18H,4,9-10,12-13H2,1-3H3,(H,24,26). The number of amides is 3. The van der Waals surface area contributed by atoms with Crippen LogP contribution in [0.3, 0.4) is 0 Å². The van der Waals surface area contributed by atoms with E-state index >= 15 is 0 Å². The highest BCUT2D eigenvalue weighted by Gasteiger charge is 2.51. The molecule has 1 aromatic heterocycles. The average molecular weight is 399 g/mol. The number of carbonyl (C=O) groups excluding carboxylic acids is 3. The number of ether oxygens (including phenoxy) is 1. The number of pyridine rings is 1. The number of hydrogen-bond acceptors (Lipinski definition) is 5. The van der Waals surface area contributed by atoms with Crippen molar-refractivity contribution in [3.8, 4) is 5.88 Å². The zero-order valence-electron chi connectivity index (χ0n) is 17.3. The van der Waals surface area contributed by atoms with Gasteiger partial charge in [0.05, 0.1) is 18.4 Å². The van der Waals surface area contributed by atoms with Gasteiger partial charge in [-0.15, -0.1) is 0 Å². The van der Waals surface area contributed by atoms with Crippen molar-refractivity contribution >= 4 is 17.7 Å². The molecule has 156 valence electrons. The van der Waals surface area contributed by atoms with Crippen LogP contribution in [0.5, 0.6) is 5.88 Å². The van der Waals surface area contributed by atoms with Crippen molar-refractivity contribution in [1.82, 2.24) is 15.2 Å². The van der Waals surface area contributed by atoms with E-state index < -0.39 is 6.04 Å². The molecule has 3 atom stereocenters. The fourth-order valence-electron chi connectivity index (χ4n) is 4.03. The van der Waals surface area contributed by atoms with Gasteiger partial charge in [0, 0.05) is 18.3 Å². The molecule has 7 heteroatoms. The van der Waals surface area contributed by atoms with E-state index in [-0.39, 0.29) is 42.0 Å². The molecule has 7 nitrogen and oxygen atoms in total. The SMILES string of the molecule is CCOc1ncccc1CNC(=O)C(CC(C)C)N1C(=O)C2CC=CCC2C1=O. The first-order valence-corrected chi connectivity index (χ1v) is 10.3. The summed E-state index contributed by atoms with van der Waals surface area (Å²) in [6.45, 7) is 6.53. The van der Waals surface area contributed by atoms with Crippen LogP contribution >= 0.6 is 0 Å². The van der Waals surface area contributed by atoms with Crippen LogP contribution < -0.4 is 10.1 Å². The molecule has 1 fully saturated rings. The van der Waals surface area contributed by atoms with E-state index in [4.69, 9.17) is 4.74 Å². The van der Waals surface area contributed by atoms with E-state index in [0.717, 1.165) is 5.56 Å². The summed E-state index contributed by atoms with van der Waals surface area (Å²) in [7, 11) is 0. The van der Waals surface area contributed by atoms with E-state index in [0.29, 0.717) is 31.7 Å². The molecule has 1 aromatic rings. The maximum absolute atomic E-state index is 13.1. The molecule has 3 rings (SSSR count). The molecule has 0 bridgehead atoms. The molecule has 0 saturated carbocycles. The van der Waals surface area contributed by atoms with Crippen molar-refractivity contribution in [1.29, 1.82) is 0 Å². The molecule has 2 aliphatic rings. The Morgan fingerprint density at radius 2 is 1.90 bits per heavy atom. The lowest BCUT2D eigenvalue weighted by Crippen LogP contribution is -2.50. The van der Waals surface area contributed by atoms with E-state index in [1.807, 2.05) is 39.0 Å². The first-order valence-electron chi connectivity index (χ1n) is 10.3. The average Bonchev–Trinajstić information content (AvgIpc) is 2.96. The van der Waals surface area contributed by atoms with E-state index in [2.05, 4.69) is 10.3 Å². The van der Waals surface area contributed by atoms with Gasteiger partial charge < -0.3 is 10.1 Å². The lowest BCUT2D eigenvalue weighted by molar-refractivity contribution is -0.148. The van der Waals surface area contributed by atoms with Gasteiger partial charge in [-0.1, -0.05) is 32.1 Å². The van der Waals surface area contributed by atoms with Gasteiger partial charge in [-0.3, -0.25) is 19.3 Å². The summed E-state index contributed by atoms with van der Waals surface area (Å²) >= 11 is 0. The normalized spacial score (nSPS) is 22.0. The third kappa shape index (κ3) is 4.49. The quantitative estimate of drug-likeness (QED) is 0.536. The Bertz CT molecular complexity index is 779. The number of allylic oxidation sites excluding steroid dienone is 2. The Morgan fingerprint density at radius 3 is 2.48 bits per heavy atom. The van der Waals surface area contributed by atoms with Crippen LogP contribution in [-0.4, -0.2) is 40.3 Å². The summed E-state index contributed by atoms with van der Waals surface area (Å²) < 4.78 is 5.50. The number of carbonyl (C=O) groups is 3. The summed E-state index contributed by atoms with van der Waals surface area (Å²) in [4.78, 5) is 44.4. The van der Waals surface area contributed by atoms with Crippen molar-refractivity contribution in [2.75, 3.05) is 6.61 Å². The number of imide groups is 1. The van der Waals surface area contributed by atoms with Gasteiger partial charge in [0.2, 0.25) is 23.6 Å². The minimum atomic E-state index is -0.798. The lowest BCUT2D eigenvalue weighted by Gasteiger charge is -2.27. The van der Waals surface area contributed by atoms with Crippen LogP contribution in [0.15, 0.2) is 30.5 Å². The summed E-state index contributed by atoms with van der Waals surface area (Å²) in [5.74, 6) is -0.803. The predicted octanol–water partition coefficient (Wildman–Crippen LogP) is 2.46. The number of aromatic nitrogens is 1. The lowest BCUT2D eigenvalue weighted by atomic mass is 9.85. The summed E-state index contributed by atoms with van der Waals surface area (Å²) in [6.07, 6.45) is 7.09. The molecular weight excluding hydrogens is 370 g/mol. The third-order valence-electron chi connectivity index (χ3n) is 5.43. The van der Waals surface area contributed by atoms with Crippen LogP contribution in [0.2, 0.25) is 0 Å². The molecule has 0 aromatic carbocycles. The first kappa shape index (κ1) is 21.0. The first-order chi connectivity index (χ1) is 13.9. The Hall–Kier alpha value is -2.70. The number of likely N-dealkylation sites (tertiary alicyclic amines) is 1. The molecule has 1 aliphatic heterocycles. The number of hydrogen-bond donors (Lipinski definition) is 1. The van der Waals surface area contributed by atoms with Gasteiger partial charge >= 0.3 is 0 Å². The molecule has 2 heterocycles. The highest BCUT2D eigenvalue weighted by molar-refractivity contribution is 6.08. The van der Waals surface area contributed by atoms with Crippen molar-refractivity contribution in [2.24, 2.45) is 17.8 Å². The minimum absolute atomic E-state index is 0.157. The van der Waals surface area contributed by atoms with Gasteiger partial charge in [0.25, 0.3) is 0 Å². The Labute approximate surface area is 171 Å². The zero-order chi connectivity index (χ0) is 21.0. The predicted molar refractivity (Wildman–Crippen MR) is 108 cm³/mol. The Balaban J connectivity index is 1.76. The van der Waals surface area contributed by atoms with Crippen molar-refractivity contribution in [3.63, 3.8) is 0 Å². The van der Waals surface area contributed by atoms with Crippen molar-refractivity contribution in [3.05, 3.63) is 36.0 Å². The van der Waals surface area contributed by atoms with E-state index in [9.17, 15) is 14.4 Å². The monoisotopic (exact) mass is 399 g/mol. The molecule has 0 radical (unpaired) electrons. The molecule has 29 heavy (non-hydrogen) atoms. The van der Waals surface area contributed by atoms with Gasteiger partial charge in [-0.2, -0.15) is 0 Å². The van der Waals surface area contributed by atoms with Gasteiger partial charge in [-0.05, 0) is 38.2 Å². The van der Waals surface area contributed by atoms with Gasteiger partial charge in [0.15, 0.2) is 0 Å². The maximum atomic E-state index is 13.1. The molecular formula is C22H29N3O4. The van der Waals surface area contributed by atoms with Crippen LogP contribution in [0.25, 0.3) is 0 Å². The number of nitrogens with zero attached hydrogens (tertiary/aromatic N) is 2. The van der Waals surface area contributed by atoms with Crippen molar-refractivity contribution in [2.45, 2.75) is 52.6 Å². The second-order valence-corrected chi connectivity index (χ2v) is 7.97. The Kier molecular flexibility index (Phi) is 6.67. The van der Waals surface area contributed by atoms with Crippen LogP contribution in [0.4, 0.5) is 0 Å². The number of rotatable bonds is 8. The smallest absolute Gasteiger partial charge is 0.243 e. The molecule has 3 unspecified atom stereocenters. The fourth-order valence-corrected chi connectivity index (χ4v) is 4.03. The van der Waals surface area contributed by atoms with Crippen LogP contribution in [0.1, 0.15) is 45.6 Å². The highest BCUT2D eigenvalue weighted by atomic mass is 16.5. The molecule has 1 aliphatic carbocycles. The molecule has 0 spiro atoms. The van der Waals surface area contributed by atoms with Gasteiger partial charge in [0.1, 0.15) is 6.04 Å². The molecule has 1 saturated heterocycles. The van der Waals surface area contributed by atoms with Gasteiger partial charge in [-0.25, -0.2) is 4.98 Å². The summed E-state index contributed by atoms with van der Waals surface area (Å²) in [5, 5.41) is 2.88. The van der Waals surface area contributed by atoms with E-state index in [1.54, 1.807) is 12.3 Å². The highest BCUT2D eigenvalue weighted by Crippen LogP contribution is 2.37. The zero-order valence-corrected chi connectivity index (χ0v) is 17.3. The summed E-state index contributed by atoms with van der Waals surface area (Å²) in [5.41, 5.74) is 0.753. The van der Waals surface area contributed by atoms with Crippen LogP contribution in [0, 0.1) is 17.8 Å². The minimum Gasteiger partial charge on any atom is -0.478 e. The van der Waals surface area contributed by atoms with E-state index in [1.165, 1.54) is 4.90 Å². The second-order valence-electron chi connectivity index (χ2n) is 7.97. The maximum Gasteiger partial charge on any atom is 0.243 e. The molecule has 3 amide bonds. The summed E-state index contributed by atoms with van der Waals surface area (Å²) in [6, 6.07) is 2.82. The van der Waals surface area contributed by atoms with Crippen LogP contribution in [-0.2, 0) is 20.9 Å². The third-order valence-corrected chi connectivity index (χ3v) is 5.43. The second kappa shape index (κ2) is 9.20. The number of nitrogens with one attached hydrogen (secondary N) is 1.